The van der Waals surface area contributed by atoms with Crippen LogP contribution in [-0.2, 0) is 9.53 Å². The van der Waals surface area contributed by atoms with Crippen LogP contribution < -0.4 is 0 Å². The first-order valence-electron chi connectivity index (χ1n) is 7.62. The Bertz CT molecular complexity index is 840. The molecule has 2 amide bonds. The summed E-state index contributed by atoms with van der Waals surface area (Å²) in [5, 5.41) is 0.526. The number of imide groups is 1. The monoisotopic (exact) mass is 355 g/mol. The zero-order valence-corrected chi connectivity index (χ0v) is 13.9. The van der Waals surface area contributed by atoms with Crippen molar-refractivity contribution in [2.24, 2.45) is 0 Å². The van der Waals surface area contributed by atoms with Crippen LogP contribution in [0, 0.1) is 0 Å². The molecular formula is C19H14ClNO4. The Kier molecular flexibility index (Phi) is 4.95. The van der Waals surface area contributed by atoms with E-state index in [-0.39, 0.29) is 25.0 Å². The van der Waals surface area contributed by atoms with Gasteiger partial charge >= 0.3 is 5.97 Å². The van der Waals surface area contributed by atoms with Crippen LogP contribution in [-0.4, -0.2) is 35.8 Å². The standard InChI is InChI=1S/C19H14ClNO4/c20-16-8-4-1-5-13(16)9-10-17(22)25-12-11-21-18(23)14-6-2-3-7-15(14)19(21)24/h1-10H,11-12H2. The van der Waals surface area contributed by atoms with Gasteiger partial charge in [-0.15, -0.1) is 0 Å². The number of hydrogen-bond acceptors (Lipinski definition) is 4. The minimum atomic E-state index is -0.573. The van der Waals surface area contributed by atoms with E-state index in [0.717, 1.165) is 4.90 Å². The summed E-state index contributed by atoms with van der Waals surface area (Å²) in [5.41, 5.74) is 1.44. The maximum atomic E-state index is 12.2. The summed E-state index contributed by atoms with van der Waals surface area (Å²) in [7, 11) is 0. The van der Waals surface area contributed by atoms with Crippen molar-refractivity contribution in [1.29, 1.82) is 0 Å². The van der Waals surface area contributed by atoms with Crippen LogP contribution in [0.15, 0.2) is 54.6 Å². The van der Waals surface area contributed by atoms with Gasteiger partial charge in [-0.1, -0.05) is 41.9 Å². The minimum Gasteiger partial charge on any atom is -0.461 e. The molecule has 0 atom stereocenters. The first-order chi connectivity index (χ1) is 12.1. The molecule has 5 nitrogen and oxygen atoms in total. The Hall–Kier alpha value is -2.92. The third-order valence-corrected chi connectivity index (χ3v) is 4.09. The molecule has 0 N–H and O–H groups in total. The van der Waals surface area contributed by atoms with Crippen molar-refractivity contribution in [3.63, 3.8) is 0 Å². The Morgan fingerprint density at radius 3 is 2.24 bits per heavy atom. The summed E-state index contributed by atoms with van der Waals surface area (Å²) in [6.45, 7) is -0.0603. The number of esters is 1. The van der Waals surface area contributed by atoms with Crippen LogP contribution in [0.4, 0.5) is 0 Å². The molecule has 0 aliphatic carbocycles. The van der Waals surface area contributed by atoms with E-state index in [4.69, 9.17) is 16.3 Å². The molecule has 6 heteroatoms. The molecule has 2 aromatic rings. The Morgan fingerprint density at radius 2 is 1.60 bits per heavy atom. The molecule has 1 aliphatic heterocycles. The summed E-state index contributed by atoms with van der Waals surface area (Å²) < 4.78 is 5.05. The molecular weight excluding hydrogens is 342 g/mol. The molecule has 0 radical (unpaired) electrons. The van der Waals surface area contributed by atoms with Crippen LogP contribution in [0.3, 0.4) is 0 Å². The van der Waals surface area contributed by atoms with Crippen molar-refractivity contribution >= 4 is 35.5 Å². The largest absolute Gasteiger partial charge is 0.461 e. The number of amides is 2. The summed E-state index contributed by atoms with van der Waals surface area (Å²) in [5.74, 6) is -1.32. The van der Waals surface area contributed by atoms with Gasteiger partial charge in [0, 0.05) is 11.1 Å². The van der Waals surface area contributed by atoms with Crippen molar-refractivity contribution in [3.05, 3.63) is 76.3 Å². The predicted molar refractivity (Wildman–Crippen MR) is 93.3 cm³/mol. The topological polar surface area (TPSA) is 63.7 Å². The van der Waals surface area contributed by atoms with Gasteiger partial charge in [0.05, 0.1) is 17.7 Å². The van der Waals surface area contributed by atoms with Gasteiger partial charge in [0.15, 0.2) is 0 Å². The number of carbonyl (C=O) groups excluding carboxylic acids is 3. The number of carbonyl (C=O) groups is 3. The zero-order chi connectivity index (χ0) is 17.8. The van der Waals surface area contributed by atoms with Crippen LogP contribution >= 0.6 is 11.6 Å². The fraction of sp³-hybridized carbons (Fsp3) is 0.105. The third-order valence-electron chi connectivity index (χ3n) is 3.74. The van der Waals surface area contributed by atoms with E-state index < -0.39 is 5.97 Å². The normalized spacial score (nSPS) is 13.4. The van der Waals surface area contributed by atoms with E-state index >= 15 is 0 Å². The molecule has 2 aromatic carbocycles. The lowest BCUT2D eigenvalue weighted by Crippen LogP contribution is -2.33. The molecule has 0 aromatic heterocycles. The summed E-state index contributed by atoms with van der Waals surface area (Å²) in [6.07, 6.45) is 2.80. The van der Waals surface area contributed by atoms with E-state index in [0.29, 0.717) is 21.7 Å². The van der Waals surface area contributed by atoms with E-state index in [1.807, 2.05) is 0 Å². The number of ether oxygens (including phenoxy) is 1. The smallest absolute Gasteiger partial charge is 0.330 e. The van der Waals surface area contributed by atoms with Crippen LogP contribution in [0.2, 0.25) is 5.02 Å². The van der Waals surface area contributed by atoms with Gasteiger partial charge in [-0.2, -0.15) is 0 Å². The number of benzene rings is 2. The molecule has 126 valence electrons. The lowest BCUT2D eigenvalue weighted by molar-refractivity contribution is -0.137. The predicted octanol–water partition coefficient (Wildman–Crippen LogP) is 3.19. The molecule has 0 spiro atoms. The first-order valence-corrected chi connectivity index (χ1v) is 8.00. The van der Waals surface area contributed by atoms with Crippen LogP contribution in [0.25, 0.3) is 6.08 Å². The molecule has 0 saturated carbocycles. The average Bonchev–Trinajstić information content (AvgIpc) is 2.86. The molecule has 0 unspecified atom stereocenters. The maximum Gasteiger partial charge on any atom is 0.330 e. The number of hydrogen-bond donors (Lipinski definition) is 0. The van der Waals surface area contributed by atoms with E-state index in [9.17, 15) is 14.4 Å². The second kappa shape index (κ2) is 7.32. The summed E-state index contributed by atoms with van der Waals surface area (Å²) in [4.78, 5) is 37.2. The van der Waals surface area contributed by atoms with Gasteiger partial charge < -0.3 is 4.74 Å². The lowest BCUT2D eigenvalue weighted by atomic mass is 10.1. The minimum absolute atomic E-state index is 0.0119. The van der Waals surface area contributed by atoms with Crippen LogP contribution in [0.5, 0.6) is 0 Å². The van der Waals surface area contributed by atoms with Gasteiger partial charge in [-0.3, -0.25) is 14.5 Å². The highest BCUT2D eigenvalue weighted by Crippen LogP contribution is 2.22. The first kappa shape index (κ1) is 16.9. The molecule has 0 saturated heterocycles. The summed E-state index contributed by atoms with van der Waals surface area (Å²) in [6, 6.07) is 13.7. The number of halogens is 1. The van der Waals surface area contributed by atoms with E-state index in [1.54, 1.807) is 54.6 Å². The summed E-state index contributed by atoms with van der Waals surface area (Å²) >= 11 is 5.99. The highest BCUT2D eigenvalue weighted by Gasteiger charge is 2.34. The highest BCUT2D eigenvalue weighted by molar-refractivity contribution is 6.32. The van der Waals surface area contributed by atoms with E-state index in [1.165, 1.54) is 6.08 Å². The molecule has 25 heavy (non-hydrogen) atoms. The van der Waals surface area contributed by atoms with Gasteiger partial charge in [-0.25, -0.2) is 4.79 Å². The van der Waals surface area contributed by atoms with Crippen molar-refractivity contribution in [2.75, 3.05) is 13.2 Å². The number of nitrogens with zero attached hydrogens (tertiary/aromatic N) is 1. The third kappa shape index (κ3) is 3.61. The fourth-order valence-electron chi connectivity index (χ4n) is 2.50. The highest BCUT2D eigenvalue weighted by atomic mass is 35.5. The average molecular weight is 356 g/mol. The van der Waals surface area contributed by atoms with Crippen molar-refractivity contribution < 1.29 is 19.1 Å². The van der Waals surface area contributed by atoms with Crippen molar-refractivity contribution in [3.8, 4) is 0 Å². The van der Waals surface area contributed by atoms with Gasteiger partial charge in [0.25, 0.3) is 11.8 Å². The second-order valence-electron chi connectivity index (χ2n) is 5.33. The van der Waals surface area contributed by atoms with Gasteiger partial charge in [-0.05, 0) is 29.8 Å². The molecule has 1 heterocycles. The second-order valence-corrected chi connectivity index (χ2v) is 5.74. The lowest BCUT2D eigenvalue weighted by Gasteiger charge is -2.13. The number of fused-ring (bicyclic) bond motifs is 1. The fourth-order valence-corrected chi connectivity index (χ4v) is 2.69. The van der Waals surface area contributed by atoms with Crippen LogP contribution in [0.1, 0.15) is 26.3 Å². The van der Waals surface area contributed by atoms with Gasteiger partial charge in [0.2, 0.25) is 0 Å². The Balaban J connectivity index is 1.54. The van der Waals surface area contributed by atoms with Gasteiger partial charge in [0.1, 0.15) is 6.61 Å². The SMILES string of the molecule is O=C(C=Cc1ccccc1Cl)OCCN1C(=O)c2ccccc2C1=O. The Labute approximate surface area is 149 Å². The molecule has 0 bridgehead atoms. The van der Waals surface area contributed by atoms with Crippen molar-refractivity contribution in [1.82, 2.24) is 4.90 Å². The maximum absolute atomic E-state index is 12.2. The zero-order valence-electron chi connectivity index (χ0n) is 13.1. The molecule has 1 aliphatic rings. The van der Waals surface area contributed by atoms with Crippen molar-refractivity contribution in [2.45, 2.75) is 0 Å². The van der Waals surface area contributed by atoms with E-state index in [2.05, 4.69) is 0 Å². The Morgan fingerprint density at radius 1 is 1.00 bits per heavy atom. The number of rotatable bonds is 5. The molecule has 3 rings (SSSR count). The quantitative estimate of drug-likeness (QED) is 0.469. The molecule has 0 fully saturated rings.